The van der Waals surface area contributed by atoms with Gasteiger partial charge in [0.1, 0.15) is 11.0 Å². The molecule has 0 bridgehead atoms. The van der Waals surface area contributed by atoms with Gasteiger partial charge in [0.15, 0.2) is 10.9 Å². The van der Waals surface area contributed by atoms with E-state index in [1.807, 2.05) is 41.8 Å². The van der Waals surface area contributed by atoms with Crippen LogP contribution in [0.1, 0.15) is 26.7 Å². The van der Waals surface area contributed by atoms with Gasteiger partial charge in [-0.3, -0.25) is 9.36 Å². The molecule has 0 saturated carbocycles. The van der Waals surface area contributed by atoms with Crippen LogP contribution in [0, 0.1) is 0 Å². The average Bonchev–Trinajstić information content (AvgIpc) is 3.37. The van der Waals surface area contributed by atoms with Gasteiger partial charge < -0.3 is 13.9 Å². The van der Waals surface area contributed by atoms with Crippen molar-refractivity contribution in [3.63, 3.8) is 0 Å². The number of para-hydroxylation sites is 2. The third-order valence-electron chi connectivity index (χ3n) is 4.05. The number of hydrogen-bond acceptors (Lipinski definition) is 7. The maximum absolute atomic E-state index is 12.4. The van der Waals surface area contributed by atoms with Crippen LogP contribution in [0.15, 0.2) is 52.2 Å². The van der Waals surface area contributed by atoms with Crippen LogP contribution in [0.4, 0.5) is 0 Å². The molecule has 0 aliphatic heterocycles. The van der Waals surface area contributed by atoms with E-state index < -0.39 is 0 Å². The monoisotopic (exact) mass is 401 g/mol. The lowest BCUT2D eigenvalue weighted by Gasteiger charge is -2.16. The number of benzene rings is 1. The standard InChI is InChI=1S/C20H23N3O4S/c1-4-9-17(19(24)26-5-2)28-20-22-21-18(16-12-8-13-27-16)23(20)14-10-6-7-11-15(14)25-3/h6-8,10-13,17H,4-5,9H2,1-3H3/t17-/m1/s1. The summed E-state index contributed by atoms with van der Waals surface area (Å²) < 4.78 is 18.2. The number of nitrogens with zero attached hydrogens (tertiary/aromatic N) is 3. The van der Waals surface area contributed by atoms with Gasteiger partial charge in [-0.05, 0) is 37.6 Å². The lowest BCUT2D eigenvalue weighted by molar-refractivity contribution is -0.142. The average molecular weight is 401 g/mol. The summed E-state index contributed by atoms with van der Waals surface area (Å²) in [5.74, 6) is 1.54. The van der Waals surface area contributed by atoms with Gasteiger partial charge in [0, 0.05) is 0 Å². The van der Waals surface area contributed by atoms with E-state index in [2.05, 4.69) is 10.2 Å². The largest absolute Gasteiger partial charge is 0.495 e. The summed E-state index contributed by atoms with van der Waals surface area (Å²) in [4.78, 5) is 12.4. The summed E-state index contributed by atoms with van der Waals surface area (Å²) in [6.45, 7) is 4.18. The van der Waals surface area contributed by atoms with Crippen molar-refractivity contribution in [1.82, 2.24) is 14.8 Å². The topological polar surface area (TPSA) is 79.4 Å². The molecular formula is C20H23N3O4S. The zero-order chi connectivity index (χ0) is 19.9. The number of rotatable bonds is 9. The van der Waals surface area contributed by atoms with Crippen molar-refractivity contribution in [2.75, 3.05) is 13.7 Å². The summed E-state index contributed by atoms with van der Waals surface area (Å²) in [6, 6.07) is 11.2. The Bertz CT molecular complexity index is 908. The predicted molar refractivity (Wildman–Crippen MR) is 107 cm³/mol. The van der Waals surface area contributed by atoms with Crippen LogP contribution in [0.25, 0.3) is 17.3 Å². The van der Waals surface area contributed by atoms with Gasteiger partial charge in [-0.15, -0.1) is 10.2 Å². The Labute approximate surface area is 168 Å². The minimum absolute atomic E-state index is 0.247. The van der Waals surface area contributed by atoms with E-state index in [-0.39, 0.29) is 11.2 Å². The van der Waals surface area contributed by atoms with Gasteiger partial charge >= 0.3 is 5.97 Å². The summed E-state index contributed by atoms with van der Waals surface area (Å²) in [6.07, 6.45) is 3.12. The molecule has 148 valence electrons. The molecule has 0 saturated heterocycles. The lowest BCUT2D eigenvalue weighted by Crippen LogP contribution is -2.21. The van der Waals surface area contributed by atoms with Crippen LogP contribution < -0.4 is 4.74 Å². The van der Waals surface area contributed by atoms with E-state index in [1.54, 1.807) is 26.4 Å². The van der Waals surface area contributed by atoms with Crippen LogP contribution in [-0.4, -0.2) is 39.7 Å². The van der Waals surface area contributed by atoms with Gasteiger partial charge in [-0.2, -0.15) is 0 Å². The Hall–Kier alpha value is -2.74. The molecule has 2 aromatic heterocycles. The number of hydrogen-bond donors (Lipinski definition) is 0. The number of esters is 1. The highest BCUT2D eigenvalue weighted by Gasteiger charge is 2.27. The zero-order valence-corrected chi connectivity index (χ0v) is 16.9. The zero-order valence-electron chi connectivity index (χ0n) is 16.1. The third kappa shape index (κ3) is 4.22. The molecule has 0 aliphatic carbocycles. The number of carbonyl (C=O) groups is 1. The first-order valence-electron chi connectivity index (χ1n) is 9.15. The van der Waals surface area contributed by atoms with Crippen molar-refractivity contribution in [3.05, 3.63) is 42.7 Å². The van der Waals surface area contributed by atoms with Crippen molar-refractivity contribution in [1.29, 1.82) is 0 Å². The quantitative estimate of drug-likeness (QED) is 0.389. The van der Waals surface area contributed by atoms with Gasteiger partial charge in [0.05, 0.1) is 25.7 Å². The van der Waals surface area contributed by atoms with E-state index in [0.29, 0.717) is 35.5 Å². The second-order valence-corrected chi connectivity index (χ2v) is 7.11. The van der Waals surface area contributed by atoms with E-state index in [4.69, 9.17) is 13.9 Å². The molecule has 0 amide bonds. The number of ether oxygens (including phenoxy) is 2. The van der Waals surface area contributed by atoms with Gasteiger partial charge in [-0.1, -0.05) is 37.2 Å². The van der Waals surface area contributed by atoms with Crippen molar-refractivity contribution < 1.29 is 18.7 Å². The Morgan fingerprint density at radius 1 is 1.21 bits per heavy atom. The molecule has 7 nitrogen and oxygen atoms in total. The minimum atomic E-state index is -0.368. The number of carbonyl (C=O) groups excluding carboxylic acids is 1. The molecule has 0 aliphatic rings. The summed E-state index contributed by atoms with van der Waals surface area (Å²) in [5.41, 5.74) is 0.767. The summed E-state index contributed by atoms with van der Waals surface area (Å²) in [7, 11) is 1.61. The highest BCUT2D eigenvalue weighted by molar-refractivity contribution is 8.00. The fourth-order valence-electron chi connectivity index (χ4n) is 2.79. The van der Waals surface area contributed by atoms with Crippen LogP contribution in [0.3, 0.4) is 0 Å². The minimum Gasteiger partial charge on any atom is -0.495 e. The van der Waals surface area contributed by atoms with Crippen LogP contribution in [-0.2, 0) is 9.53 Å². The fourth-order valence-corrected chi connectivity index (χ4v) is 3.94. The van der Waals surface area contributed by atoms with E-state index in [0.717, 1.165) is 12.1 Å². The second-order valence-electron chi connectivity index (χ2n) is 5.94. The molecule has 1 aromatic carbocycles. The Morgan fingerprint density at radius 3 is 2.71 bits per heavy atom. The van der Waals surface area contributed by atoms with Gasteiger partial charge in [0.25, 0.3) is 0 Å². The van der Waals surface area contributed by atoms with Gasteiger partial charge in [0.2, 0.25) is 5.82 Å². The molecule has 0 spiro atoms. The van der Waals surface area contributed by atoms with Crippen LogP contribution >= 0.6 is 11.8 Å². The molecule has 0 unspecified atom stereocenters. The van der Waals surface area contributed by atoms with Crippen LogP contribution in [0.2, 0.25) is 0 Å². The summed E-state index contributed by atoms with van der Waals surface area (Å²) in [5, 5.41) is 8.86. The molecule has 3 aromatic rings. The molecular weight excluding hydrogens is 378 g/mol. The molecule has 0 N–H and O–H groups in total. The number of thioether (sulfide) groups is 1. The van der Waals surface area contributed by atoms with E-state index in [1.165, 1.54) is 11.8 Å². The second kappa shape index (κ2) is 9.45. The first-order valence-corrected chi connectivity index (χ1v) is 10.0. The van der Waals surface area contributed by atoms with Crippen LogP contribution in [0.5, 0.6) is 5.75 Å². The van der Waals surface area contributed by atoms with E-state index >= 15 is 0 Å². The van der Waals surface area contributed by atoms with E-state index in [9.17, 15) is 4.79 Å². The number of methoxy groups -OCH3 is 1. The predicted octanol–water partition coefficient (Wildman–Crippen LogP) is 4.36. The Morgan fingerprint density at radius 2 is 2.04 bits per heavy atom. The fraction of sp³-hybridized carbons (Fsp3) is 0.350. The molecule has 0 radical (unpaired) electrons. The van der Waals surface area contributed by atoms with Crippen molar-refractivity contribution in [3.8, 4) is 23.0 Å². The molecule has 1 atom stereocenters. The maximum Gasteiger partial charge on any atom is 0.319 e. The van der Waals surface area contributed by atoms with Gasteiger partial charge in [-0.25, -0.2) is 0 Å². The highest BCUT2D eigenvalue weighted by atomic mass is 32.2. The highest BCUT2D eigenvalue weighted by Crippen LogP contribution is 2.35. The Balaban J connectivity index is 2.08. The smallest absolute Gasteiger partial charge is 0.319 e. The first-order chi connectivity index (χ1) is 13.7. The molecule has 2 heterocycles. The SMILES string of the molecule is CCC[C@@H](Sc1nnc(-c2ccco2)n1-c1ccccc1OC)C(=O)OCC. The molecule has 28 heavy (non-hydrogen) atoms. The molecule has 0 fully saturated rings. The first kappa shape index (κ1) is 20.0. The number of aromatic nitrogens is 3. The summed E-state index contributed by atoms with van der Waals surface area (Å²) >= 11 is 1.34. The third-order valence-corrected chi connectivity index (χ3v) is 5.24. The maximum atomic E-state index is 12.4. The number of furan rings is 1. The van der Waals surface area contributed by atoms with Crippen molar-refractivity contribution >= 4 is 17.7 Å². The normalized spacial score (nSPS) is 12.0. The van der Waals surface area contributed by atoms with Crippen molar-refractivity contribution in [2.45, 2.75) is 37.1 Å². The lowest BCUT2D eigenvalue weighted by atomic mass is 10.2. The van der Waals surface area contributed by atoms with Crippen molar-refractivity contribution in [2.24, 2.45) is 0 Å². The Kier molecular flexibility index (Phi) is 6.76. The molecule has 8 heteroatoms. The molecule has 3 rings (SSSR count).